The molecule has 3 aromatic carbocycles. The lowest BCUT2D eigenvalue weighted by atomic mass is 9.95. The number of carbonyl (C=O) groups excluding carboxylic acids is 2. The van der Waals surface area contributed by atoms with Crippen molar-refractivity contribution in [3.05, 3.63) is 115 Å². The molecule has 252 valence electrons. The maximum absolute atomic E-state index is 13.4. The smallest absolute Gasteiger partial charge is 0.246 e. The summed E-state index contributed by atoms with van der Waals surface area (Å²) >= 11 is 0. The molecule has 0 bridgehead atoms. The number of hydrogen-bond donors (Lipinski definition) is 0. The summed E-state index contributed by atoms with van der Waals surface area (Å²) in [6.45, 7) is 8.24. The van der Waals surface area contributed by atoms with E-state index >= 15 is 0 Å². The normalized spacial score (nSPS) is 15.6. The van der Waals surface area contributed by atoms with E-state index in [9.17, 15) is 9.59 Å². The van der Waals surface area contributed by atoms with Crippen LogP contribution in [0, 0.1) is 6.92 Å². The van der Waals surface area contributed by atoms with Crippen LogP contribution in [0.15, 0.2) is 104 Å². The number of nitrogens with zero attached hydrogens (tertiary/aromatic N) is 3. The first-order chi connectivity index (χ1) is 23.9. The van der Waals surface area contributed by atoms with Crippen molar-refractivity contribution in [3.8, 4) is 39.6 Å². The summed E-state index contributed by atoms with van der Waals surface area (Å²) in [5, 5.41) is 0. The van der Waals surface area contributed by atoms with Crippen LogP contribution in [0.25, 0.3) is 28.3 Å². The average Bonchev–Trinajstić information content (AvgIpc) is 3.14. The number of amides is 2. The molecule has 1 aromatic heterocycles. The van der Waals surface area contributed by atoms with Crippen molar-refractivity contribution in [1.29, 1.82) is 0 Å². The van der Waals surface area contributed by atoms with E-state index in [4.69, 9.17) is 14.2 Å². The molecule has 0 N–H and O–H groups in total. The molecule has 8 nitrogen and oxygen atoms in total. The molecule has 2 fully saturated rings. The van der Waals surface area contributed by atoms with Crippen molar-refractivity contribution >= 4 is 17.9 Å². The third-order valence-corrected chi connectivity index (χ3v) is 9.26. The van der Waals surface area contributed by atoms with Crippen molar-refractivity contribution < 1.29 is 23.8 Å². The summed E-state index contributed by atoms with van der Waals surface area (Å²) in [5.41, 5.74) is 6.09. The fourth-order valence-corrected chi connectivity index (χ4v) is 6.54. The lowest BCUT2D eigenvalue weighted by Gasteiger charge is -2.32. The highest BCUT2D eigenvalue weighted by molar-refractivity contribution is 5.93. The van der Waals surface area contributed by atoms with Gasteiger partial charge in [-0.15, -0.1) is 0 Å². The van der Waals surface area contributed by atoms with Gasteiger partial charge in [-0.1, -0.05) is 49.0 Å². The van der Waals surface area contributed by atoms with Gasteiger partial charge in [0.1, 0.15) is 23.7 Å². The Bertz CT molecular complexity index is 1820. The summed E-state index contributed by atoms with van der Waals surface area (Å²) in [7, 11) is 1.62. The number of rotatable bonds is 10. The Labute approximate surface area is 288 Å². The van der Waals surface area contributed by atoms with Crippen LogP contribution in [0.2, 0.25) is 0 Å². The highest BCUT2D eigenvalue weighted by atomic mass is 16.5. The number of aryl methyl sites for hydroxylation is 1. The summed E-state index contributed by atoms with van der Waals surface area (Å²) in [6, 6.07) is 26.1. The van der Waals surface area contributed by atoms with E-state index in [1.807, 2.05) is 76.5 Å². The van der Waals surface area contributed by atoms with Crippen LogP contribution in [-0.4, -0.2) is 72.1 Å². The zero-order chi connectivity index (χ0) is 34.2. The molecule has 2 amide bonds. The summed E-state index contributed by atoms with van der Waals surface area (Å²) in [5.74, 6) is 2.10. The minimum atomic E-state index is -0.0340. The number of piperidine rings is 2. The van der Waals surface area contributed by atoms with Crippen LogP contribution in [-0.2, 0) is 9.59 Å². The van der Waals surface area contributed by atoms with Crippen LogP contribution >= 0.6 is 0 Å². The van der Waals surface area contributed by atoms with E-state index in [2.05, 4.69) is 36.7 Å². The average molecular weight is 658 g/mol. The first-order valence-electron chi connectivity index (χ1n) is 16.9. The number of hydrogen-bond acceptors (Lipinski definition) is 6. The van der Waals surface area contributed by atoms with Gasteiger partial charge in [0.15, 0.2) is 0 Å². The number of pyridine rings is 1. The zero-order valence-corrected chi connectivity index (χ0v) is 28.2. The first kappa shape index (κ1) is 33.5. The Kier molecular flexibility index (Phi) is 10.7. The van der Waals surface area contributed by atoms with Crippen molar-refractivity contribution in [1.82, 2.24) is 14.8 Å². The molecule has 6 rings (SSSR count). The Morgan fingerprint density at radius 2 is 1.41 bits per heavy atom. The Balaban J connectivity index is 1.09. The third-order valence-electron chi connectivity index (χ3n) is 9.26. The van der Waals surface area contributed by atoms with Crippen molar-refractivity contribution in [2.45, 2.75) is 44.8 Å². The molecule has 0 unspecified atom stereocenters. The topological polar surface area (TPSA) is 81.2 Å². The van der Waals surface area contributed by atoms with Crippen LogP contribution in [0.4, 0.5) is 0 Å². The molecule has 49 heavy (non-hydrogen) atoms. The monoisotopic (exact) mass is 657 g/mol. The van der Waals surface area contributed by atoms with Gasteiger partial charge in [-0.05, 0) is 83.3 Å². The van der Waals surface area contributed by atoms with Gasteiger partial charge in [0, 0.05) is 69.7 Å². The molecule has 0 saturated carbocycles. The van der Waals surface area contributed by atoms with Crippen molar-refractivity contribution in [3.63, 3.8) is 0 Å². The van der Waals surface area contributed by atoms with Gasteiger partial charge >= 0.3 is 0 Å². The van der Waals surface area contributed by atoms with Crippen LogP contribution in [0.3, 0.4) is 0 Å². The second-order valence-corrected chi connectivity index (χ2v) is 12.5. The van der Waals surface area contributed by atoms with Gasteiger partial charge < -0.3 is 24.0 Å². The molecule has 0 aliphatic carbocycles. The predicted octanol–water partition coefficient (Wildman–Crippen LogP) is 7.37. The minimum Gasteiger partial charge on any atom is -0.490 e. The number of likely N-dealkylation sites (tertiary alicyclic amines) is 2. The Hall–Kier alpha value is -5.37. The quantitative estimate of drug-likeness (QED) is 0.166. The molecular weight excluding hydrogens is 614 g/mol. The highest BCUT2D eigenvalue weighted by Gasteiger charge is 2.24. The molecular formula is C41H43N3O5. The molecule has 3 heterocycles. The molecule has 2 aliphatic heterocycles. The van der Waals surface area contributed by atoms with Crippen LogP contribution in [0.1, 0.15) is 36.8 Å². The van der Waals surface area contributed by atoms with Crippen LogP contribution in [0.5, 0.6) is 17.4 Å². The number of ether oxygens (including phenoxy) is 3. The predicted molar refractivity (Wildman–Crippen MR) is 193 cm³/mol. The number of methoxy groups -OCH3 is 1. The summed E-state index contributed by atoms with van der Waals surface area (Å²) < 4.78 is 18.2. The summed E-state index contributed by atoms with van der Waals surface area (Å²) in [4.78, 5) is 33.4. The van der Waals surface area contributed by atoms with Crippen molar-refractivity contribution in [2.24, 2.45) is 0 Å². The van der Waals surface area contributed by atoms with E-state index in [0.29, 0.717) is 32.1 Å². The van der Waals surface area contributed by atoms with Gasteiger partial charge in [-0.25, -0.2) is 4.98 Å². The fraction of sp³-hybridized carbons (Fsp3) is 0.293. The SMILES string of the molecule is C=CC(=O)N1CCC(Oc2ccc(/C=C/C(=O)N3CCC(Oc4cccc(-c5cccnc5OC)c4)CC3)c(-c3ccccc3C)c2)CC1. The van der Waals surface area contributed by atoms with E-state index in [1.54, 1.807) is 19.4 Å². The first-order valence-corrected chi connectivity index (χ1v) is 16.9. The van der Waals surface area contributed by atoms with Gasteiger partial charge in [0.25, 0.3) is 0 Å². The van der Waals surface area contributed by atoms with E-state index in [1.165, 1.54) is 6.08 Å². The van der Waals surface area contributed by atoms with Crippen LogP contribution < -0.4 is 14.2 Å². The largest absolute Gasteiger partial charge is 0.490 e. The Morgan fingerprint density at radius 1 is 0.755 bits per heavy atom. The molecule has 0 spiro atoms. The standard InChI is InChI=1S/C41H43N3O5/c1-4-39(45)43-23-18-33(19-24-43)49-35-16-14-30(38(28-35)36-12-6-5-9-29(36)2)15-17-40(46)44-25-20-32(21-26-44)48-34-11-7-10-31(27-34)37-13-8-22-42-41(37)47-3/h4-17,22,27-28,32-33H,1,18-21,23-26H2,2-3H3/b17-15+. The van der Waals surface area contributed by atoms with Gasteiger partial charge in [-0.2, -0.15) is 0 Å². The van der Waals surface area contributed by atoms with Crippen molar-refractivity contribution in [2.75, 3.05) is 33.3 Å². The zero-order valence-electron chi connectivity index (χ0n) is 28.2. The molecule has 2 aliphatic rings. The van der Waals surface area contributed by atoms with Gasteiger partial charge in [0.2, 0.25) is 17.7 Å². The number of carbonyl (C=O) groups is 2. The third kappa shape index (κ3) is 8.20. The lowest BCUT2D eigenvalue weighted by molar-refractivity contribution is -0.128. The Morgan fingerprint density at radius 3 is 2.08 bits per heavy atom. The molecule has 0 atom stereocenters. The lowest BCUT2D eigenvalue weighted by Crippen LogP contribution is -2.41. The summed E-state index contributed by atoms with van der Waals surface area (Å²) in [6.07, 6.45) is 9.76. The molecule has 4 aromatic rings. The maximum atomic E-state index is 13.4. The fourth-order valence-electron chi connectivity index (χ4n) is 6.54. The van der Waals surface area contributed by atoms with E-state index in [0.717, 1.165) is 70.6 Å². The molecule has 2 saturated heterocycles. The van der Waals surface area contributed by atoms with E-state index in [-0.39, 0.29) is 24.0 Å². The number of aromatic nitrogens is 1. The minimum absolute atomic E-state index is 0.0130. The van der Waals surface area contributed by atoms with E-state index < -0.39 is 0 Å². The second-order valence-electron chi connectivity index (χ2n) is 12.5. The van der Waals surface area contributed by atoms with Gasteiger partial charge in [0.05, 0.1) is 7.11 Å². The maximum Gasteiger partial charge on any atom is 0.246 e. The van der Waals surface area contributed by atoms with Gasteiger partial charge in [-0.3, -0.25) is 9.59 Å². The second kappa shape index (κ2) is 15.7. The molecule has 8 heteroatoms. The number of benzene rings is 3. The molecule has 0 radical (unpaired) electrons. The highest BCUT2D eigenvalue weighted by Crippen LogP contribution is 2.33.